The number of carbonyl (C=O) groups excluding carboxylic acids is 2. The van der Waals surface area contributed by atoms with Gasteiger partial charge < -0.3 is 14.8 Å². The van der Waals surface area contributed by atoms with E-state index in [4.69, 9.17) is 21.1 Å². The van der Waals surface area contributed by atoms with E-state index in [0.29, 0.717) is 29.2 Å². The molecule has 6 heteroatoms. The minimum Gasteiger partial charge on any atom is -0.482 e. The molecule has 0 fully saturated rings. The Hall–Kier alpha value is -1.59. The lowest BCUT2D eigenvalue weighted by Gasteiger charge is -2.13. The maximum Gasteiger partial charge on any atom is 0.258 e. The Morgan fingerprint density at radius 2 is 2.26 bits per heavy atom. The van der Waals surface area contributed by atoms with Crippen molar-refractivity contribution in [1.29, 1.82) is 0 Å². The number of halogens is 1. The summed E-state index contributed by atoms with van der Waals surface area (Å²) in [4.78, 5) is 22.1. The van der Waals surface area contributed by atoms with Crippen LogP contribution in [-0.2, 0) is 9.53 Å². The normalized spacial score (nSPS) is 11.7. The van der Waals surface area contributed by atoms with Crippen LogP contribution in [0.3, 0.4) is 0 Å². The Morgan fingerprint density at radius 3 is 2.84 bits per heavy atom. The molecule has 0 saturated heterocycles. The lowest BCUT2D eigenvalue weighted by molar-refractivity contribution is -0.124. The molecule has 0 heterocycles. The Kier molecular flexibility index (Phi) is 6.32. The van der Waals surface area contributed by atoms with E-state index in [9.17, 15) is 9.59 Å². The number of amides is 1. The SMILES string of the molecule is COCC(C)NC(=O)COc1ccc(C=O)cc1Cl. The van der Waals surface area contributed by atoms with E-state index in [-0.39, 0.29) is 18.6 Å². The number of carbonyl (C=O) groups is 2. The zero-order chi connectivity index (χ0) is 14.3. The first-order valence-electron chi connectivity index (χ1n) is 5.72. The fraction of sp³-hybridized carbons (Fsp3) is 0.385. The zero-order valence-corrected chi connectivity index (χ0v) is 11.6. The molecule has 1 rings (SSSR count). The van der Waals surface area contributed by atoms with Crippen molar-refractivity contribution < 1.29 is 19.1 Å². The number of nitrogens with one attached hydrogen (secondary N) is 1. The molecular formula is C13H16ClNO4. The molecule has 5 nitrogen and oxygen atoms in total. The van der Waals surface area contributed by atoms with Crippen molar-refractivity contribution in [2.24, 2.45) is 0 Å². The molecule has 0 aliphatic heterocycles. The Balaban J connectivity index is 2.48. The number of benzene rings is 1. The highest BCUT2D eigenvalue weighted by molar-refractivity contribution is 6.32. The molecule has 0 aliphatic carbocycles. The van der Waals surface area contributed by atoms with Gasteiger partial charge in [-0.1, -0.05) is 11.6 Å². The van der Waals surface area contributed by atoms with Crippen LogP contribution >= 0.6 is 11.6 Å². The summed E-state index contributed by atoms with van der Waals surface area (Å²) in [6.07, 6.45) is 0.689. The van der Waals surface area contributed by atoms with Crippen molar-refractivity contribution in [2.75, 3.05) is 20.3 Å². The molecule has 1 N–H and O–H groups in total. The molecule has 1 unspecified atom stereocenters. The van der Waals surface area contributed by atoms with Gasteiger partial charge in [-0.2, -0.15) is 0 Å². The average molecular weight is 286 g/mol. The first-order chi connectivity index (χ1) is 9.06. The lowest BCUT2D eigenvalue weighted by atomic mass is 10.2. The quantitative estimate of drug-likeness (QED) is 0.774. The highest BCUT2D eigenvalue weighted by atomic mass is 35.5. The molecule has 0 aliphatic rings. The van der Waals surface area contributed by atoms with Gasteiger partial charge in [0.05, 0.1) is 11.6 Å². The maximum atomic E-state index is 11.5. The van der Waals surface area contributed by atoms with Crippen molar-refractivity contribution in [3.8, 4) is 5.75 Å². The summed E-state index contributed by atoms with van der Waals surface area (Å²) in [5.41, 5.74) is 0.454. The van der Waals surface area contributed by atoms with Crippen molar-refractivity contribution in [1.82, 2.24) is 5.32 Å². The second-order valence-electron chi connectivity index (χ2n) is 4.02. The summed E-state index contributed by atoms with van der Waals surface area (Å²) in [5, 5.41) is 3.00. The molecule has 0 aromatic heterocycles. The fourth-order valence-electron chi connectivity index (χ4n) is 1.46. The van der Waals surface area contributed by atoms with Crippen LogP contribution in [-0.4, -0.2) is 38.6 Å². The molecule has 1 atom stereocenters. The predicted octanol–water partition coefficient (Wildman–Crippen LogP) is 1.68. The summed E-state index contributed by atoms with van der Waals surface area (Å²) < 4.78 is 10.2. The van der Waals surface area contributed by atoms with Crippen molar-refractivity contribution in [3.05, 3.63) is 28.8 Å². The summed E-state index contributed by atoms with van der Waals surface area (Å²) in [5.74, 6) is 0.0990. The number of ether oxygens (including phenoxy) is 2. The standard InChI is InChI=1S/C13H16ClNO4/c1-9(7-18-2)15-13(17)8-19-12-4-3-10(6-16)5-11(12)14/h3-6,9H,7-8H2,1-2H3,(H,15,17). The van der Waals surface area contributed by atoms with Gasteiger partial charge in [-0.05, 0) is 25.1 Å². The van der Waals surface area contributed by atoms with E-state index in [0.717, 1.165) is 0 Å². The number of aldehydes is 1. The Labute approximate surface area is 116 Å². The molecule has 19 heavy (non-hydrogen) atoms. The van der Waals surface area contributed by atoms with E-state index < -0.39 is 0 Å². The lowest BCUT2D eigenvalue weighted by Crippen LogP contribution is -2.38. The van der Waals surface area contributed by atoms with Crippen LogP contribution in [0.15, 0.2) is 18.2 Å². The third-order valence-electron chi connectivity index (χ3n) is 2.27. The van der Waals surface area contributed by atoms with Gasteiger partial charge in [-0.3, -0.25) is 9.59 Å². The van der Waals surface area contributed by atoms with E-state index in [1.54, 1.807) is 19.2 Å². The van der Waals surface area contributed by atoms with Crippen LogP contribution in [0.5, 0.6) is 5.75 Å². The number of rotatable bonds is 7. The van der Waals surface area contributed by atoms with E-state index >= 15 is 0 Å². The van der Waals surface area contributed by atoms with Gasteiger partial charge in [0.25, 0.3) is 5.91 Å². The predicted molar refractivity (Wildman–Crippen MR) is 71.8 cm³/mol. The van der Waals surface area contributed by atoms with Crippen molar-refractivity contribution >= 4 is 23.8 Å². The number of methoxy groups -OCH3 is 1. The first kappa shape index (κ1) is 15.5. The minimum atomic E-state index is -0.264. The fourth-order valence-corrected chi connectivity index (χ4v) is 1.70. The molecule has 0 bridgehead atoms. The van der Waals surface area contributed by atoms with Gasteiger partial charge in [0, 0.05) is 18.7 Å². The van der Waals surface area contributed by atoms with Crippen LogP contribution < -0.4 is 10.1 Å². The van der Waals surface area contributed by atoms with Gasteiger partial charge in [-0.15, -0.1) is 0 Å². The molecule has 0 saturated carbocycles. The number of hydrogen-bond acceptors (Lipinski definition) is 4. The van der Waals surface area contributed by atoms with Crippen LogP contribution in [0, 0.1) is 0 Å². The van der Waals surface area contributed by atoms with Crippen molar-refractivity contribution in [2.45, 2.75) is 13.0 Å². The molecule has 1 aromatic rings. The average Bonchev–Trinajstić information content (AvgIpc) is 2.37. The zero-order valence-electron chi connectivity index (χ0n) is 10.8. The van der Waals surface area contributed by atoms with Gasteiger partial charge in [0.15, 0.2) is 6.61 Å². The van der Waals surface area contributed by atoms with Gasteiger partial charge >= 0.3 is 0 Å². The van der Waals surface area contributed by atoms with Gasteiger partial charge in [0.2, 0.25) is 0 Å². The van der Waals surface area contributed by atoms with Crippen molar-refractivity contribution in [3.63, 3.8) is 0 Å². The maximum absolute atomic E-state index is 11.5. The molecular weight excluding hydrogens is 270 g/mol. The molecule has 1 aromatic carbocycles. The third-order valence-corrected chi connectivity index (χ3v) is 2.57. The second-order valence-corrected chi connectivity index (χ2v) is 4.43. The minimum absolute atomic E-state index is 0.0889. The Morgan fingerprint density at radius 1 is 1.53 bits per heavy atom. The molecule has 104 valence electrons. The summed E-state index contributed by atoms with van der Waals surface area (Å²) in [7, 11) is 1.56. The molecule has 1 amide bonds. The summed E-state index contributed by atoms with van der Waals surface area (Å²) in [6, 6.07) is 4.52. The van der Waals surface area contributed by atoms with Crippen LogP contribution in [0.25, 0.3) is 0 Å². The molecule has 0 spiro atoms. The topological polar surface area (TPSA) is 64.6 Å². The van der Waals surface area contributed by atoms with Crippen LogP contribution in [0.4, 0.5) is 0 Å². The van der Waals surface area contributed by atoms with E-state index in [2.05, 4.69) is 5.32 Å². The first-order valence-corrected chi connectivity index (χ1v) is 6.10. The molecule has 0 radical (unpaired) electrons. The second kappa shape index (κ2) is 7.76. The monoisotopic (exact) mass is 285 g/mol. The van der Waals surface area contributed by atoms with E-state index in [1.807, 2.05) is 6.92 Å². The summed E-state index contributed by atoms with van der Waals surface area (Å²) in [6.45, 7) is 2.11. The number of hydrogen-bond donors (Lipinski definition) is 1. The third kappa shape index (κ3) is 5.28. The highest BCUT2D eigenvalue weighted by Crippen LogP contribution is 2.24. The van der Waals surface area contributed by atoms with Crippen LogP contribution in [0.2, 0.25) is 5.02 Å². The van der Waals surface area contributed by atoms with Gasteiger partial charge in [-0.25, -0.2) is 0 Å². The Bertz CT molecular complexity index is 450. The van der Waals surface area contributed by atoms with Gasteiger partial charge in [0.1, 0.15) is 12.0 Å². The highest BCUT2D eigenvalue weighted by Gasteiger charge is 2.09. The van der Waals surface area contributed by atoms with E-state index in [1.165, 1.54) is 6.07 Å². The summed E-state index contributed by atoms with van der Waals surface area (Å²) >= 11 is 5.91. The smallest absolute Gasteiger partial charge is 0.258 e. The van der Waals surface area contributed by atoms with Crippen LogP contribution in [0.1, 0.15) is 17.3 Å². The largest absolute Gasteiger partial charge is 0.482 e.